The Morgan fingerprint density at radius 3 is 2.48 bits per heavy atom. The zero-order valence-corrected chi connectivity index (χ0v) is 14.9. The second-order valence-electron chi connectivity index (χ2n) is 4.77. The van der Waals surface area contributed by atoms with Gasteiger partial charge in [0.2, 0.25) is 0 Å². The Morgan fingerprint density at radius 1 is 1.19 bits per heavy atom. The molecular formula is C15H18BrClN4. The van der Waals surface area contributed by atoms with Crippen LogP contribution in [0.15, 0.2) is 16.6 Å². The van der Waals surface area contributed by atoms with Gasteiger partial charge in [-0.05, 0) is 47.5 Å². The Morgan fingerprint density at radius 2 is 1.86 bits per heavy atom. The average molecular weight is 370 g/mol. The number of rotatable bonds is 4. The van der Waals surface area contributed by atoms with E-state index in [0.717, 1.165) is 50.2 Å². The van der Waals surface area contributed by atoms with Crippen LogP contribution in [0.5, 0.6) is 0 Å². The molecule has 0 bridgehead atoms. The summed E-state index contributed by atoms with van der Waals surface area (Å²) in [6, 6.07) is 3.88. The van der Waals surface area contributed by atoms with Gasteiger partial charge in [-0.2, -0.15) is 0 Å². The minimum Gasteiger partial charge on any atom is -0.373 e. The predicted octanol–water partition coefficient (Wildman–Crippen LogP) is 4.86. The molecule has 0 saturated carbocycles. The normalized spacial score (nSPS) is 10.6. The molecule has 0 saturated heterocycles. The summed E-state index contributed by atoms with van der Waals surface area (Å²) < 4.78 is 0.950. The number of aryl methyl sites for hydroxylation is 2. The molecule has 2 rings (SSSR count). The molecular weight excluding hydrogens is 352 g/mol. The van der Waals surface area contributed by atoms with E-state index in [1.54, 1.807) is 0 Å². The lowest BCUT2D eigenvalue weighted by Gasteiger charge is -2.15. The number of anilines is 3. The number of nitrogens with one attached hydrogen (secondary N) is 2. The third-order valence-corrected chi connectivity index (χ3v) is 4.31. The maximum Gasteiger partial charge on any atom is 0.139 e. The minimum absolute atomic E-state index is 0.719. The lowest BCUT2D eigenvalue weighted by molar-refractivity contribution is 0.935. The molecule has 112 valence electrons. The van der Waals surface area contributed by atoms with Gasteiger partial charge >= 0.3 is 0 Å². The highest BCUT2D eigenvalue weighted by atomic mass is 79.9. The van der Waals surface area contributed by atoms with Gasteiger partial charge in [-0.25, -0.2) is 9.97 Å². The van der Waals surface area contributed by atoms with Crippen molar-refractivity contribution in [1.29, 1.82) is 0 Å². The van der Waals surface area contributed by atoms with Crippen LogP contribution < -0.4 is 10.6 Å². The fourth-order valence-corrected chi connectivity index (χ4v) is 2.68. The Hall–Kier alpha value is -1.33. The van der Waals surface area contributed by atoms with Gasteiger partial charge in [0.1, 0.15) is 17.5 Å². The molecule has 0 unspecified atom stereocenters. The van der Waals surface area contributed by atoms with Crippen LogP contribution in [0.2, 0.25) is 5.02 Å². The summed E-state index contributed by atoms with van der Waals surface area (Å²) in [5, 5.41) is 7.16. The molecule has 0 amide bonds. The molecule has 0 spiro atoms. The van der Waals surface area contributed by atoms with Gasteiger partial charge in [-0.3, -0.25) is 0 Å². The molecule has 4 nitrogen and oxygen atoms in total. The number of nitrogens with zero attached hydrogens (tertiary/aromatic N) is 2. The van der Waals surface area contributed by atoms with Gasteiger partial charge in [-0.15, -0.1) is 0 Å². The lowest BCUT2D eigenvalue weighted by atomic mass is 10.2. The summed E-state index contributed by atoms with van der Waals surface area (Å²) >= 11 is 9.76. The third kappa shape index (κ3) is 3.47. The van der Waals surface area contributed by atoms with E-state index in [9.17, 15) is 0 Å². The second kappa shape index (κ2) is 6.62. The van der Waals surface area contributed by atoms with Gasteiger partial charge in [0, 0.05) is 28.5 Å². The monoisotopic (exact) mass is 368 g/mol. The molecule has 0 aliphatic rings. The quantitative estimate of drug-likeness (QED) is 0.808. The molecule has 0 radical (unpaired) electrons. The Balaban J connectivity index is 2.46. The summed E-state index contributed by atoms with van der Waals surface area (Å²) in [5.74, 6) is 2.41. The first-order valence-electron chi connectivity index (χ1n) is 6.74. The van der Waals surface area contributed by atoms with Crippen molar-refractivity contribution in [3.05, 3.63) is 38.6 Å². The molecule has 0 aliphatic heterocycles. The molecule has 21 heavy (non-hydrogen) atoms. The van der Waals surface area contributed by atoms with Crippen molar-refractivity contribution in [3.8, 4) is 0 Å². The van der Waals surface area contributed by atoms with E-state index >= 15 is 0 Å². The SMILES string of the molecule is CCc1nc(NC)c(C)c(Nc2cc(Cl)c(C)cc2Br)n1. The van der Waals surface area contributed by atoms with E-state index in [-0.39, 0.29) is 0 Å². The molecule has 1 aromatic carbocycles. The highest BCUT2D eigenvalue weighted by molar-refractivity contribution is 9.10. The van der Waals surface area contributed by atoms with Gasteiger partial charge in [-0.1, -0.05) is 18.5 Å². The van der Waals surface area contributed by atoms with Crippen LogP contribution in [0.3, 0.4) is 0 Å². The predicted molar refractivity (Wildman–Crippen MR) is 92.9 cm³/mol. The Kier molecular flexibility index (Phi) is 5.06. The minimum atomic E-state index is 0.719. The van der Waals surface area contributed by atoms with Crippen LogP contribution in [0.4, 0.5) is 17.3 Å². The maximum absolute atomic E-state index is 6.20. The molecule has 6 heteroatoms. The number of halogens is 2. The summed E-state index contributed by atoms with van der Waals surface area (Å²) in [6.07, 6.45) is 0.777. The molecule has 0 aliphatic carbocycles. The molecule has 1 heterocycles. The van der Waals surface area contributed by atoms with Gasteiger partial charge in [0.15, 0.2) is 0 Å². The van der Waals surface area contributed by atoms with Gasteiger partial charge in [0.05, 0.1) is 5.69 Å². The average Bonchev–Trinajstić information content (AvgIpc) is 2.46. The number of hydrogen-bond donors (Lipinski definition) is 2. The van der Waals surface area contributed by atoms with Crippen LogP contribution in [0.25, 0.3) is 0 Å². The summed E-state index contributed by atoms with van der Waals surface area (Å²) in [7, 11) is 1.86. The number of aromatic nitrogens is 2. The summed E-state index contributed by atoms with van der Waals surface area (Å²) in [6.45, 7) is 5.99. The molecule has 0 fully saturated rings. The molecule has 2 aromatic rings. The first-order valence-corrected chi connectivity index (χ1v) is 7.91. The summed E-state index contributed by atoms with van der Waals surface area (Å²) in [5.41, 5.74) is 2.88. The topological polar surface area (TPSA) is 49.8 Å². The van der Waals surface area contributed by atoms with E-state index in [1.165, 1.54) is 0 Å². The van der Waals surface area contributed by atoms with Crippen molar-refractivity contribution in [2.24, 2.45) is 0 Å². The first-order chi connectivity index (χ1) is 9.96. The van der Waals surface area contributed by atoms with E-state index in [4.69, 9.17) is 11.6 Å². The van der Waals surface area contributed by atoms with E-state index in [2.05, 4.69) is 36.5 Å². The van der Waals surface area contributed by atoms with Crippen molar-refractivity contribution in [2.45, 2.75) is 27.2 Å². The van der Waals surface area contributed by atoms with Gasteiger partial charge in [0.25, 0.3) is 0 Å². The Bertz CT molecular complexity index is 673. The fourth-order valence-electron chi connectivity index (χ4n) is 1.96. The van der Waals surface area contributed by atoms with Crippen molar-refractivity contribution in [1.82, 2.24) is 9.97 Å². The van der Waals surface area contributed by atoms with Crippen LogP contribution in [-0.4, -0.2) is 17.0 Å². The van der Waals surface area contributed by atoms with Crippen LogP contribution >= 0.6 is 27.5 Å². The number of benzene rings is 1. The zero-order chi connectivity index (χ0) is 15.6. The van der Waals surface area contributed by atoms with Crippen LogP contribution in [0.1, 0.15) is 23.9 Å². The van der Waals surface area contributed by atoms with Crippen LogP contribution in [0, 0.1) is 13.8 Å². The maximum atomic E-state index is 6.20. The van der Waals surface area contributed by atoms with Gasteiger partial charge < -0.3 is 10.6 Å². The van der Waals surface area contributed by atoms with Crippen LogP contribution in [-0.2, 0) is 6.42 Å². The smallest absolute Gasteiger partial charge is 0.139 e. The van der Waals surface area contributed by atoms with E-state index in [1.807, 2.05) is 40.0 Å². The fraction of sp³-hybridized carbons (Fsp3) is 0.333. The van der Waals surface area contributed by atoms with E-state index in [0.29, 0.717) is 0 Å². The largest absolute Gasteiger partial charge is 0.373 e. The highest BCUT2D eigenvalue weighted by Crippen LogP contribution is 2.32. The van der Waals surface area contributed by atoms with E-state index < -0.39 is 0 Å². The highest BCUT2D eigenvalue weighted by Gasteiger charge is 2.12. The van der Waals surface area contributed by atoms with Crippen molar-refractivity contribution in [3.63, 3.8) is 0 Å². The Labute approximate surface area is 138 Å². The van der Waals surface area contributed by atoms with Crippen molar-refractivity contribution < 1.29 is 0 Å². The first kappa shape index (κ1) is 16.0. The lowest BCUT2D eigenvalue weighted by Crippen LogP contribution is -2.07. The van der Waals surface area contributed by atoms with Crippen molar-refractivity contribution >= 4 is 44.9 Å². The number of hydrogen-bond acceptors (Lipinski definition) is 4. The van der Waals surface area contributed by atoms with Crippen molar-refractivity contribution in [2.75, 3.05) is 17.7 Å². The zero-order valence-electron chi connectivity index (χ0n) is 12.5. The molecule has 1 aromatic heterocycles. The standard InChI is InChI=1S/C15H18BrClN4/c1-5-13-20-14(18-4)9(3)15(21-13)19-12-7-11(17)8(2)6-10(12)16/h6-7H,5H2,1-4H3,(H2,18,19,20,21). The third-order valence-electron chi connectivity index (χ3n) is 3.25. The second-order valence-corrected chi connectivity index (χ2v) is 6.03. The molecule has 2 N–H and O–H groups in total. The summed E-state index contributed by atoms with van der Waals surface area (Å²) in [4.78, 5) is 9.03. The molecule has 0 atom stereocenters.